The van der Waals surface area contributed by atoms with Crippen LogP contribution in [0.2, 0.25) is 0 Å². The summed E-state index contributed by atoms with van der Waals surface area (Å²) in [6.45, 7) is 10.9. The number of nitrogens with zero attached hydrogens (tertiary/aromatic N) is 5. The number of likely N-dealkylation sites (tertiary alicyclic amines) is 1. The summed E-state index contributed by atoms with van der Waals surface area (Å²) in [4.78, 5) is 59.1. The van der Waals surface area contributed by atoms with Gasteiger partial charge in [-0.15, -0.1) is 5.92 Å². The number of carbonyl (C=O) groups excluding carboxylic acids is 1. The van der Waals surface area contributed by atoms with E-state index in [0.29, 0.717) is 30.4 Å². The number of benzene rings is 1. The van der Waals surface area contributed by atoms with E-state index in [-0.39, 0.29) is 19.1 Å². The average molecular weight is 561 g/mol. The molecule has 1 fully saturated rings. The molecule has 2 atom stereocenters. The number of aromatic nitrogens is 4. The molecule has 41 heavy (non-hydrogen) atoms. The minimum absolute atomic E-state index is 0.167. The van der Waals surface area contributed by atoms with Gasteiger partial charge < -0.3 is 19.9 Å². The Labute approximate surface area is 238 Å². The zero-order valence-corrected chi connectivity index (χ0v) is 24.1. The van der Waals surface area contributed by atoms with Crippen molar-refractivity contribution in [3.8, 4) is 11.8 Å². The van der Waals surface area contributed by atoms with Crippen molar-refractivity contribution in [3.05, 3.63) is 56.6 Å². The number of hydrogen-bond donors (Lipinski definition) is 3. The molecule has 5 rings (SSSR count). The highest BCUT2D eigenvalue weighted by Gasteiger charge is 2.44. The molecule has 0 saturated carbocycles. The van der Waals surface area contributed by atoms with E-state index in [1.807, 2.05) is 61.8 Å². The maximum atomic E-state index is 13.2. The number of anilines is 2. The molecule has 1 saturated heterocycles. The number of aryl methyl sites for hydroxylation is 1. The summed E-state index contributed by atoms with van der Waals surface area (Å²) in [5, 5.41) is 3.97. The molecule has 1 amide bonds. The monoisotopic (exact) mass is 560 g/mol. The molecule has 0 radical (unpaired) electrons. The predicted octanol–water partition coefficient (Wildman–Crippen LogP) is 2.44. The lowest BCUT2D eigenvalue weighted by molar-refractivity contribution is 0.0454. The molecule has 2 aliphatic heterocycles. The van der Waals surface area contributed by atoms with Crippen LogP contribution in [-0.4, -0.2) is 68.5 Å². The van der Waals surface area contributed by atoms with Gasteiger partial charge in [0.05, 0.1) is 18.6 Å². The van der Waals surface area contributed by atoms with Crippen molar-refractivity contribution in [1.29, 1.82) is 0 Å². The SMILES string of the molecule is CC#CCN1c2c([nH]c(=O)[nH]c2=O)N(Cc2nc(C)c3ccccc3n2)[C@@H]1N1CCC[C@@H](NC(=O)OC(C)(C)C)C1. The first-order chi connectivity index (χ1) is 19.5. The quantitative estimate of drug-likeness (QED) is 0.402. The number of H-pyrrole nitrogens is 2. The van der Waals surface area contributed by atoms with E-state index in [1.165, 1.54) is 0 Å². The Bertz CT molecular complexity index is 1630. The molecule has 2 aromatic heterocycles. The zero-order valence-electron chi connectivity index (χ0n) is 24.1. The maximum Gasteiger partial charge on any atom is 0.407 e. The highest BCUT2D eigenvalue weighted by Crippen LogP contribution is 2.37. The maximum absolute atomic E-state index is 13.2. The van der Waals surface area contributed by atoms with Crippen molar-refractivity contribution in [2.24, 2.45) is 0 Å². The number of ether oxygens (including phenoxy) is 1. The molecule has 0 bridgehead atoms. The topological polar surface area (TPSA) is 140 Å². The Kier molecular flexibility index (Phi) is 7.73. The van der Waals surface area contributed by atoms with Crippen LogP contribution >= 0.6 is 0 Å². The van der Waals surface area contributed by atoms with Crippen molar-refractivity contribution >= 4 is 28.5 Å². The van der Waals surface area contributed by atoms with Gasteiger partial charge in [0, 0.05) is 30.2 Å². The summed E-state index contributed by atoms with van der Waals surface area (Å²) in [6, 6.07) is 7.64. The Balaban J connectivity index is 1.53. The number of fused-ring (bicyclic) bond motifs is 2. The third-order valence-corrected chi connectivity index (χ3v) is 7.11. The summed E-state index contributed by atoms with van der Waals surface area (Å²) in [5.74, 6) is 6.95. The minimum atomic E-state index is -0.608. The van der Waals surface area contributed by atoms with Crippen molar-refractivity contribution in [2.45, 2.75) is 71.9 Å². The predicted molar refractivity (Wildman–Crippen MR) is 157 cm³/mol. The van der Waals surface area contributed by atoms with Crippen molar-refractivity contribution in [2.75, 3.05) is 29.4 Å². The molecular formula is C29H36N8O4. The van der Waals surface area contributed by atoms with E-state index in [1.54, 1.807) is 6.92 Å². The first kappa shape index (κ1) is 28.2. The molecule has 2 aliphatic rings. The molecule has 3 aromatic rings. The van der Waals surface area contributed by atoms with Crippen LogP contribution in [0.5, 0.6) is 0 Å². The van der Waals surface area contributed by atoms with E-state index in [4.69, 9.17) is 14.7 Å². The second-order valence-corrected chi connectivity index (χ2v) is 11.4. The van der Waals surface area contributed by atoms with Crippen LogP contribution in [0.4, 0.5) is 16.3 Å². The van der Waals surface area contributed by atoms with E-state index in [0.717, 1.165) is 29.4 Å². The number of alkyl carbamates (subject to hydrolysis) is 1. The Morgan fingerprint density at radius 3 is 2.71 bits per heavy atom. The number of nitrogens with one attached hydrogen (secondary N) is 3. The van der Waals surface area contributed by atoms with Gasteiger partial charge in [-0.1, -0.05) is 24.1 Å². The van der Waals surface area contributed by atoms with Crippen molar-refractivity contribution in [3.63, 3.8) is 0 Å². The average Bonchev–Trinajstić information content (AvgIpc) is 3.19. The smallest absolute Gasteiger partial charge is 0.407 e. The van der Waals surface area contributed by atoms with Gasteiger partial charge in [0.15, 0.2) is 6.29 Å². The largest absolute Gasteiger partial charge is 0.444 e. The number of hydrogen-bond acceptors (Lipinski definition) is 9. The highest BCUT2D eigenvalue weighted by molar-refractivity contribution is 5.80. The second-order valence-electron chi connectivity index (χ2n) is 11.4. The van der Waals surface area contributed by atoms with Crippen LogP contribution in [0, 0.1) is 18.8 Å². The van der Waals surface area contributed by atoms with Crippen LogP contribution in [0.3, 0.4) is 0 Å². The van der Waals surface area contributed by atoms with Crippen molar-refractivity contribution < 1.29 is 9.53 Å². The van der Waals surface area contributed by atoms with Crippen LogP contribution in [0.15, 0.2) is 33.9 Å². The lowest BCUT2D eigenvalue weighted by Crippen LogP contribution is -2.60. The number of carbonyl (C=O) groups is 1. The van der Waals surface area contributed by atoms with E-state index >= 15 is 0 Å². The van der Waals surface area contributed by atoms with Gasteiger partial charge in [-0.25, -0.2) is 19.6 Å². The lowest BCUT2D eigenvalue weighted by Gasteiger charge is -2.43. The number of rotatable bonds is 5. The van der Waals surface area contributed by atoms with Gasteiger partial charge in [-0.3, -0.25) is 19.7 Å². The van der Waals surface area contributed by atoms with Gasteiger partial charge in [-0.2, -0.15) is 0 Å². The normalized spacial score (nSPS) is 19.0. The fraction of sp³-hybridized carbons (Fsp3) is 0.483. The van der Waals surface area contributed by atoms with E-state index in [9.17, 15) is 14.4 Å². The molecular weight excluding hydrogens is 524 g/mol. The first-order valence-corrected chi connectivity index (χ1v) is 13.8. The van der Waals surface area contributed by atoms with Gasteiger partial charge in [0.1, 0.15) is 22.9 Å². The van der Waals surface area contributed by atoms with Crippen LogP contribution < -0.4 is 26.4 Å². The molecule has 4 heterocycles. The molecule has 0 unspecified atom stereocenters. The third-order valence-electron chi connectivity index (χ3n) is 7.11. The van der Waals surface area contributed by atoms with Crippen molar-refractivity contribution in [1.82, 2.24) is 30.2 Å². The summed E-state index contributed by atoms with van der Waals surface area (Å²) < 4.78 is 5.49. The van der Waals surface area contributed by atoms with E-state index in [2.05, 4.69) is 32.0 Å². The van der Waals surface area contributed by atoms with E-state index < -0.39 is 29.2 Å². The summed E-state index contributed by atoms with van der Waals surface area (Å²) in [7, 11) is 0. The van der Waals surface area contributed by atoms with Gasteiger partial charge in [-0.05, 0) is 53.5 Å². The van der Waals surface area contributed by atoms with Crippen LogP contribution in [-0.2, 0) is 11.3 Å². The van der Waals surface area contributed by atoms with Gasteiger partial charge in [0.25, 0.3) is 5.56 Å². The third kappa shape index (κ3) is 6.05. The fourth-order valence-electron chi connectivity index (χ4n) is 5.55. The van der Waals surface area contributed by atoms with Crippen LogP contribution in [0.1, 0.15) is 52.1 Å². The van der Waals surface area contributed by atoms with Crippen LogP contribution in [0.25, 0.3) is 10.9 Å². The highest BCUT2D eigenvalue weighted by atomic mass is 16.6. The molecule has 3 N–H and O–H groups in total. The fourth-order valence-corrected chi connectivity index (χ4v) is 5.55. The van der Waals surface area contributed by atoms with Gasteiger partial charge in [0.2, 0.25) is 0 Å². The first-order valence-electron chi connectivity index (χ1n) is 13.8. The Hall–Kier alpha value is -4.37. The zero-order chi connectivity index (χ0) is 29.3. The molecule has 0 spiro atoms. The summed E-state index contributed by atoms with van der Waals surface area (Å²) in [6.07, 6.45) is 0.649. The molecule has 12 heteroatoms. The van der Waals surface area contributed by atoms with Gasteiger partial charge >= 0.3 is 11.8 Å². The number of aromatic amines is 2. The molecule has 216 valence electrons. The Morgan fingerprint density at radius 2 is 1.95 bits per heavy atom. The molecule has 1 aromatic carbocycles. The standard InChI is InChI=1S/C29H36N8O4/c1-6-7-15-36-23-24(33-26(39)34-25(23)38)37(17-22-30-18(2)20-12-8-9-13-21(20)32-22)28(36)35-14-10-11-19(16-35)31-27(40)41-29(3,4)5/h8-9,12-13,19,28H,10-11,14-17H2,1-5H3,(H,31,40)(H2,33,34,38,39)/t19-,28-/m1/s1. The summed E-state index contributed by atoms with van der Waals surface area (Å²) >= 11 is 0. The number of para-hydroxylation sites is 1. The lowest BCUT2D eigenvalue weighted by atomic mass is 10.1. The minimum Gasteiger partial charge on any atom is -0.444 e. The number of piperidine rings is 1. The molecule has 0 aliphatic carbocycles. The Morgan fingerprint density at radius 1 is 1.17 bits per heavy atom. The molecule has 12 nitrogen and oxygen atoms in total. The number of amides is 1. The summed E-state index contributed by atoms with van der Waals surface area (Å²) in [5.41, 5.74) is 0.290. The second kappa shape index (κ2) is 11.2.